The number of hydrogen-bond donors (Lipinski definition) is 2. The molecule has 0 aliphatic carbocycles. The molecule has 106 valence electrons. The van der Waals surface area contributed by atoms with Crippen molar-refractivity contribution in [2.75, 3.05) is 10.5 Å². The summed E-state index contributed by atoms with van der Waals surface area (Å²) in [5.41, 5.74) is 0.388. The van der Waals surface area contributed by atoms with Crippen LogP contribution in [0.3, 0.4) is 0 Å². The lowest BCUT2D eigenvalue weighted by atomic mass is 10.3. The minimum absolute atomic E-state index is 0.0659. The lowest BCUT2D eigenvalue weighted by Crippen LogP contribution is -2.18. The number of carboxylic acids is 1. The Morgan fingerprint density at radius 3 is 2.21 bits per heavy atom. The summed E-state index contributed by atoms with van der Waals surface area (Å²) < 4.78 is 28.0. The van der Waals surface area contributed by atoms with Gasteiger partial charge in [-0.25, -0.2) is 8.42 Å². The number of benzene rings is 1. The van der Waals surface area contributed by atoms with Crippen LogP contribution in [0.15, 0.2) is 25.6 Å². The van der Waals surface area contributed by atoms with Gasteiger partial charge in [-0.1, -0.05) is 15.9 Å². The van der Waals surface area contributed by atoms with Gasteiger partial charge in [0.2, 0.25) is 10.0 Å². The molecule has 0 saturated carbocycles. The Bertz CT molecular complexity index is 565. The third kappa shape index (κ3) is 5.80. The molecule has 0 heterocycles. The maximum atomic E-state index is 11.8. The summed E-state index contributed by atoms with van der Waals surface area (Å²) in [5.74, 6) is -1.25. The van der Waals surface area contributed by atoms with E-state index in [-0.39, 0.29) is 18.6 Å². The highest BCUT2D eigenvalue weighted by Gasteiger charge is 2.15. The lowest BCUT2D eigenvalue weighted by Gasteiger charge is -2.11. The van der Waals surface area contributed by atoms with Gasteiger partial charge in [0.05, 0.1) is 11.4 Å². The van der Waals surface area contributed by atoms with Gasteiger partial charge >= 0.3 is 5.97 Å². The van der Waals surface area contributed by atoms with Crippen LogP contribution in [0, 0.1) is 0 Å². The topological polar surface area (TPSA) is 83.5 Å². The standard InChI is InChI=1S/C10H10Br3NO4S/c11-6-4-7(12)10(8(13)5-6)14-19(17,18)3-1-2-9(15)16/h4-5,14H,1-3H2,(H,15,16). The third-order valence-corrected chi connectivity index (χ3v) is 5.12. The molecule has 0 radical (unpaired) electrons. The highest BCUT2D eigenvalue weighted by atomic mass is 79.9. The Labute approximate surface area is 136 Å². The van der Waals surface area contributed by atoms with Crippen molar-refractivity contribution in [3.8, 4) is 0 Å². The second-order valence-electron chi connectivity index (χ2n) is 3.66. The van der Waals surface area contributed by atoms with Crippen LogP contribution in [0.2, 0.25) is 0 Å². The van der Waals surface area contributed by atoms with Crippen LogP contribution >= 0.6 is 47.8 Å². The number of aliphatic carboxylic acids is 1. The van der Waals surface area contributed by atoms with Gasteiger partial charge < -0.3 is 5.11 Å². The van der Waals surface area contributed by atoms with E-state index in [2.05, 4.69) is 52.5 Å². The molecule has 0 unspecified atom stereocenters. The smallest absolute Gasteiger partial charge is 0.303 e. The molecule has 1 rings (SSSR count). The minimum Gasteiger partial charge on any atom is -0.481 e. The molecule has 0 spiro atoms. The van der Waals surface area contributed by atoms with Crippen molar-refractivity contribution in [2.45, 2.75) is 12.8 Å². The summed E-state index contributed by atoms with van der Waals surface area (Å²) in [6, 6.07) is 3.42. The molecule has 2 N–H and O–H groups in total. The summed E-state index contributed by atoms with van der Waals surface area (Å²) >= 11 is 9.80. The number of halogens is 3. The average Bonchev–Trinajstić information content (AvgIpc) is 2.22. The fraction of sp³-hybridized carbons (Fsp3) is 0.300. The summed E-state index contributed by atoms with van der Waals surface area (Å²) in [4.78, 5) is 10.4. The third-order valence-electron chi connectivity index (χ3n) is 2.07. The maximum absolute atomic E-state index is 11.8. The lowest BCUT2D eigenvalue weighted by molar-refractivity contribution is -0.137. The number of nitrogens with one attached hydrogen (secondary N) is 1. The maximum Gasteiger partial charge on any atom is 0.303 e. The molecule has 0 atom stereocenters. The first-order valence-corrected chi connectivity index (χ1v) is 9.11. The van der Waals surface area contributed by atoms with Crippen LogP contribution in [0.5, 0.6) is 0 Å². The zero-order valence-electron chi connectivity index (χ0n) is 9.49. The van der Waals surface area contributed by atoms with Crippen LogP contribution < -0.4 is 4.72 Å². The van der Waals surface area contributed by atoms with E-state index < -0.39 is 16.0 Å². The first kappa shape index (κ1) is 16.9. The van der Waals surface area contributed by atoms with Crippen molar-refractivity contribution in [3.05, 3.63) is 25.6 Å². The molecule has 0 aliphatic heterocycles. The zero-order valence-corrected chi connectivity index (χ0v) is 15.1. The van der Waals surface area contributed by atoms with Gasteiger partial charge in [0, 0.05) is 19.8 Å². The number of carboxylic acid groups (broad SMARTS) is 1. The number of rotatable bonds is 6. The average molecular weight is 480 g/mol. The van der Waals surface area contributed by atoms with Crippen LogP contribution in [0.4, 0.5) is 5.69 Å². The summed E-state index contributed by atoms with van der Waals surface area (Å²) in [6.45, 7) is 0. The Kier molecular flexibility index (Phi) is 6.28. The molecule has 1 aromatic carbocycles. The molecule has 0 aliphatic rings. The van der Waals surface area contributed by atoms with E-state index in [4.69, 9.17) is 5.11 Å². The van der Waals surface area contributed by atoms with Crippen molar-refractivity contribution in [3.63, 3.8) is 0 Å². The van der Waals surface area contributed by atoms with Gasteiger partial charge in [0.15, 0.2) is 0 Å². The van der Waals surface area contributed by atoms with Crippen molar-refractivity contribution in [2.24, 2.45) is 0 Å². The summed E-state index contributed by atoms with van der Waals surface area (Å²) in [7, 11) is -3.58. The molecule has 0 fully saturated rings. The van der Waals surface area contributed by atoms with E-state index in [9.17, 15) is 13.2 Å². The van der Waals surface area contributed by atoms with Crippen molar-refractivity contribution < 1.29 is 18.3 Å². The quantitative estimate of drug-likeness (QED) is 0.653. The van der Waals surface area contributed by atoms with Gasteiger partial charge in [0.1, 0.15) is 0 Å². The molecule has 1 aromatic rings. The van der Waals surface area contributed by atoms with E-state index in [0.29, 0.717) is 14.6 Å². The highest BCUT2D eigenvalue weighted by molar-refractivity contribution is 9.11. The molecule has 0 amide bonds. The number of hydrogen-bond acceptors (Lipinski definition) is 3. The van der Waals surface area contributed by atoms with Gasteiger partial charge in [-0.05, 0) is 50.4 Å². The van der Waals surface area contributed by atoms with Gasteiger partial charge in [-0.15, -0.1) is 0 Å². The molecular formula is C10H10Br3NO4S. The summed E-state index contributed by atoms with van der Waals surface area (Å²) in [6.07, 6.45) is -0.111. The van der Waals surface area contributed by atoms with Crippen LogP contribution in [0.25, 0.3) is 0 Å². The number of carbonyl (C=O) groups is 1. The Morgan fingerprint density at radius 2 is 1.74 bits per heavy atom. The largest absolute Gasteiger partial charge is 0.481 e. The van der Waals surface area contributed by atoms with Crippen molar-refractivity contribution in [1.29, 1.82) is 0 Å². The van der Waals surface area contributed by atoms with Crippen LogP contribution in [-0.2, 0) is 14.8 Å². The van der Waals surface area contributed by atoms with Crippen molar-refractivity contribution in [1.82, 2.24) is 0 Å². The predicted octanol–water partition coefficient (Wildman–Crippen LogP) is 3.58. The molecule has 0 aromatic heterocycles. The first-order valence-electron chi connectivity index (χ1n) is 5.08. The van der Waals surface area contributed by atoms with Crippen molar-refractivity contribution >= 4 is 69.5 Å². The van der Waals surface area contributed by atoms with E-state index in [0.717, 1.165) is 4.47 Å². The summed E-state index contributed by atoms with van der Waals surface area (Å²) in [5, 5.41) is 8.48. The Morgan fingerprint density at radius 1 is 1.21 bits per heavy atom. The number of anilines is 1. The van der Waals surface area contributed by atoms with Gasteiger partial charge in [0.25, 0.3) is 0 Å². The molecule has 0 bridgehead atoms. The van der Waals surface area contributed by atoms with E-state index in [1.54, 1.807) is 12.1 Å². The fourth-order valence-electron chi connectivity index (χ4n) is 1.26. The normalized spacial score (nSPS) is 11.3. The number of sulfonamides is 1. The second-order valence-corrected chi connectivity index (χ2v) is 8.13. The predicted molar refractivity (Wildman–Crippen MR) is 83.8 cm³/mol. The fourth-order valence-corrected chi connectivity index (χ4v) is 5.14. The minimum atomic E-state index is -3.58. The Balaban J connectivity index is 2.81. The first-order chi connectivity index (χ1) is 8.71. The molecule has 9 heteroatoms. The SMILES string of the molecule is O=C(O)CCCS(=O)(=O)Nc1c(Br)cc(Br)cc1Br. The monoisotopic (exact) mass is 477 g/mol. The van der Waals surface area contributed by atoms with E-state index in [1.807, 2.05) is 0 Å². The zero-order chi connectivity index (χ0) is 14.6. The van der Waals surface area contributed by atoms with Crippen LogP contribution in [0.1, 0.15) is 12.8 Å². The van der Waals surface area contributed by atoms with E-state index in [1.165, 1.54) is 0 Å². The van der Waals surface area contributed by atoms with E-state index >= 15 is 0 Å². The Hall–Kier alpha value is -0.120. The molecule has 5 nitrogen and oxygen atoms in total. The molecular weight excluding hydrogens is 470 g/mol. The molecule has 0 saturated heterocycles. The second kappa shape index (κ2) is 7.05. The molecule has 19 heavy (non-hydrogen) atoms. The van der Waals surface area contributed by atoms with Gasteiger partial charge in [-0.3, -0.25) is 9.52 Å². The van der Waals surface area contributed by atoms with Gasteiger partial charge in [-0.2, -0.15) is 0 Å². The highest BCUT2D eigenvalue weighted by Crippen LogP contribution is 2.35. The van der Waals surface area contributed by atoms with Crippen LogP contribution in [-0.4, -0.2) is 25.2 Å².